The van der Waals surface area contributed by atoms with Crippen molar-refractivity contribution in [3.05, 3.63) is 28.8 Å². The maximum Gasteiger partial charge on any atom is 0.336 e. The molecule has 72 valence electrons. The molecule has 0 fully saturated rings. The van der Waals surface area contributed by atoms with E-state index in [4.69, 9.17) is 10.4 Å². The summed E-state index contributed by atoms with van der Waals surface area (Å²) in [5.74, 6) is -1.39. The van der Waals surface area contributed by atoms with Crippen LogP contribution >= 0.6 is 0 Å². The smallest absolute Gasteiger partial charge is 0.336 e. The number of nitrogens with zero attached hydrogens (tertiary/aromatic N) is 1. The van der Waals surface area contributed by atoms with Gasteiger partial charge in [-0.1, -0.05) is 6.92 Å². The predicted molar refractivity (Wildman–Crippen MR) is 49.2 cm³/mol. The van der Waals surface area contributed by atoms with Crippen molar-refractivity contribution in [2.24, 2.45) is 0 Å². The molecule has 4 heteroatoms. The molecule has 4 nitrogen and oxygen atoms in total. The van der Waals surface area contributed by atoms with Crippen molar-refractivity contribution < 1.29 is 15.0 Å². The van der Waals surface area contributed by atoms with Gasteiger partial charge in [0.2, 0.25) is 0 Å². The number of carboxylic acids is 1. The van der Waals surface area contributed by atoms with Crippen molar-refractivity contribution in [3.8, 4) is 11.8 Å². The highest BCUT2D eigenvalue weighted by molar-refractivity contribution is 5.90. The Bertz CT molecular complexity index is 418. The van der Waals surface area contributed by atoms with E-state index in [2.05, 4.69) is 0 Å². The standard InChI is InChI=1S/C10H9NO3/c1-2-6-3-7(5-11)9(12)4-8(6)10(13)14/h3-4,12H,2H2,1H3,(H,13,14). The Kier molecular flexibility index (Phi) is 2.73. The molecule has 0 saturated carbocycles. The molecule has 0 bridgehead atoms. The Morgan fingerprint density at radius 2 is 2.21 bits per heavy atom. The maximum atomic E-state index is 10.7. The fourth-order valence-corrected chi connectivity index (χ4v) is 1.21. The summed E-state index contributed by atoms with van der Waals surface area (Å²) in [5, 5.41) is 26.7. The summed E-state index contributed by atoms with van der Waals surface area (Å²) in [6.45, 7) is 1.79. The molecular formula is C10H9NO3. The van der Waals surface area contributed by atoms with Gasteiger partial charge in [0.1, 0.15) is 11.8 Å². The van der Waals surface area contributed by atoms with E-state index in [9.17, 15) is 9.90 Å². The molecule has 0 aromatic heterocycles. The topological polar surface area (TPSA) is 81.3 Å². The molecule has 0 aliphatic carbocycles. The second-order valence-electron chi connectivity index (χ2n) is 2.80. The molecule has 1 aromatic carbocycles. The van der Waals surface area contributed by atoms with Crippen LogP contribution in [0.4, 0.5) is 0 Å². The van der Waals surface area contributed by atoms with Crippen LogP contribution in [0.25, 0.3) is 0 Å². The van der Waals surface area contributed by atoms with Gasteiger partial charge in [0, 0.05) is 0 Å². The zero-order valence-corrected chi connectivity index (χ0v) is 7.61. The first-order valence-electron chi connectivity index (χ1n) is 4.09. The Labute approximate surface area is 81.0 Å². The summed E-state index contributed by atoms with van der Waals surface area (Å²) >= 11 is 0. The van der Waals surface area contributed by atoms with Crippen LogP contribution in [0.1, 0.15) is 28.4 Å². The van der Waals surface area contributed by atoms with E-state index < -0.39 is 5.97 Å². The third kappa shape index (κ3) is 1.67. The number of hydrogen-bond acceptors (Lipinski definition) is 3. The summed E-state index contributed by atoms with van der Waals surface area (Å²) < 4.78 is 0. The molecule has 0 spiro atoms. The lowest BCUT2D eigenvalue weighted by atomic mass is 10.0. The third-order valence-electron chi connectivity index (χ3n) is 1.95. The number of aromatic carboxylic acids is 1. The number of aryl methyl sites for hydroxylation is 1. The molecule has 0 aliphatic rings. The second-order valence-corrected chi connectivity index (χ2v) is 2.80. The minimum absolute atomic E-state index is 0.0454. The summed E-state index contributed by atoms with van der Waals surface area (Å²) in [7, 11) is 0. The molecule has 2 N–H and O–H groups in total. The molecular weight excluding hydrogens is 182 g/mol. The Morgan fingerprint density at radius 3 is 2.64 bits per heavy atom. The van der Waals surface area contributed by atoms with Crippen molar-refractivity contribution >= 4 is 5.97 Å². The molecule has 0 saturated heterocycles. The zero-order chi connectivity index (χ0) is 10.7. The molecule has 1 aromatic rings. The predicted octanol–water partition coefficient (Wildman–Crippen LogP) is 1.52. The third-order valence-corrected chi connectivity index (χ3v) is 1.95. The number of aromatic hydroxyl groups is 1. The Morgan fingerprint density at radius 1 is 1.57 bits per heavy atom. The van der Waals surface area contributed by atoms with Gasteiger partial charge < -0.3 is 10.2 Å². The summed E-state index contributed by atoms with van der Waals surface area (Å²) in [6, 6.07) is 4.31. The quantitative estimate of drug-likeness (QED) is 0.742. The van der Waals surface area contributed by atoms with Crippen molar-refractivity contribution in [2.45, 2.75) is 13.3 Å². The van der Waals surface area contributed by atoms with E-state index in [1.165, 1.54) is 6.07 Å². The van der Waals surface area contributed by atoms with Gasteiger partial charge in [0.05, 0.1) is 11.1 Å². The van der Waals surface area contributed by atoms with Crippen molar-refractivity contribution in [1.82, 2.24) is 0 Å². The first-order valence-corrected chi connectivity index (χ1v) is 4.09. The van der Waals surface area contributed by atoms with Crippen LogP contribution in [-0.2, 0) is 6.42 Å². The largest absolute Gasteiger partial charge is 0.507 e. The van der Waals surface area contributed by atoms with Crippen LogP contribution in [0, 0.1) is 11.3 Å². The van der Waals surface area contributed by atoms with Gasteiger partial charge in [0.25, 0.3) is 0 Å². The minimum Gasteiger partial charge on any atom is -0.507 e. The first kappa shape index (κ1) is 10.1. The lowest BCUT2D eigenvalue weighted by Crippen LogP contribution is -2.02. The van der Waals surface area contributed by atoms with Crippen LogP contribution in [0.15, 0.2) is 12.1 Å². The van der Waals surface area contributed by atoms with E-state index in [0.29, 0.717) is 12.0 Å². The Balaban J connectivity index is 3.41. The van der Waals surface area contributed by atoms with Crippen molar-refractivity contribution in [3.63, 3.8) is 0 Å². The van der Waals surface area contributed by atoms with Gasteiger partial charge in [0.15, 0.2) is 0 Å². The van der Waals surface area contributed by atoms with Crippen LogP contribution in [0.5, 0.6) is 5.75 Å². The molecule has 0 atom stereocenters. The van der Waals surface area contributed by atoms with E-state index >= 15 is 0 Å². The normalized spacial score (nSPS) is 9.43. The minimum atomic E-state index is -1.10. The van der Waals surface area contributed by atoms with Gasteiger partial charge in [-0.05, 0) is 24.1 Å². The summed E-state index contributed by atoms with van der Waals surface area (Å²) in [5.41, 5.74) is 0.697. The highest BCUT2D eigenvalue weighted by atomic mass is 16.4. The van der Waals surface area contributed by atoms with Crippen molar-refractivity contribution in [2.75, 3.05) is 0 Å². The van der Waals surface area contributed by atoms with E-state index in [1.807, 2.05) is 0 Å². The molecule has 14 heavy (non-hydrogen) atoms. The molecule has 0 amide bonds. The van der Waals surface area contributed by atoms with Gasteiger partial charge in [-0.25, -0.2) is 4.79 Å². The number of carboxylic acid groups (broad SMARTS) is 1. The summed E-state index contributed by atoms with van der Waals surface area (Å²) in [4.78, 5) is 10.7. The fourth-order valence-electron chi connectivity index (χ4n) is 1.21. The fraction of sp³-hybridized carbons (Fsp3) is 0.200. The van der Waals surface area contributed by atoms with Gasteiger partial charge in [-0.15, -0.1) is 0 Å². The highest BCUT2D eigenvalue weighted by Gasteiger charge is 2.12. The number of phenols is 1. The number of hydrogen-bond donors (Lipinski definition) is 2. The number of phenolic OH excluding ortho intramolecular Hbond substituents is 1. The number of rotatable bonds is 2. The second kappa shape index (κ2) is 3.79. The van der Waals surface area contributed by atoms with E-state index in [1.54, 1.807) is 13.0 Å². The van der Waals surface area contributed by atoms with Gasteiger partial charge >= 0.3 is 5.97 Å². The lowest BCUT2D eigenvalue weighted by molar-refractivity contribution is 0.0695. The summed E-state index contributed by atoms with van der Waals surface area (Å²) in [6.07, 6.45) is 0.511. The van der Waals surface area contributed by atoms with Crippen LogP contribution in [0.3, 0.4) is 0 Å². The molecule has 0 radical (unpaired) electrons. The van der Waals surface area contributed by atoms with Crippen LogP contribution in [0.2, 0.25) is 0 Å². The highest BCUT2D eigenvalue weighted by Crippen LogP contribution is 2.22. The maximum absolute atomic E-state index is 10.7. The van der Waals surface area contributed by atoms with E-state index in [0.717, 1.165) is 6.07 Å². The SMILES string of the molecule is CCc1cc(C#N)c(O)cc1C(=O)O. The molecule has 0 unspecified atom stereocenters. The number of nitriles is 1. The molecule has 0 heterocycles. The number of carbonyl (C=O) groups is 1. The van der Waals surface area contributed by atoms with Gasteiger partial charge in [-0.2, -0.15) is 5.26 Å². The zero-order valence-electron chi connectivity index (χ0n) is 7.61. The number of benzene rings is 1. The Hall–Kier alpha value is -2.02. The lowest BCUT2D eigenvalue weighted by Gasteiger charge is -2.05. The van der Waals surface area contributed by atoms with E-state index in [-0.39, 0.29) is 16.9 Å². The van der Waals surface area contributed by atoms with Gasteiger partial charge in [-0.3, -0.25) is 0 Å². The molecule has 0 aliphatic heterocycles. The average Bonchev–Trinajstić information content (AvgIpc) is 2.17. The average molecular weight is 191 g/mol. The first-order chi connectivity index (χ1) is 6.60. The molecule has 1 rings (SSSR count). The van der Waals surface area contributed by atoms with Crippen LogP contribution < -0.4 is 0 Å². The van der Waals surface area contributed by atoms with Crippen molar-refractivity contribution in [1.29, 1.82) is 5.26 Å². The van der Waals surface area contributed by atoms with Crippen LogP contribution in [-0.4, -0.2) is 16.2 Å². The monoisotopic (exact) mass is 191 g/mol.